The summed E-state index contributed by atoms with van der Waals surface area (Å²) in [5.74, 6) is 0. The SMILES string of the molecule is Cc1cccc(CC(O)C2COCCO2)c1. The van der Waals surface area contributed by atoms with Crippen molar-refractivity contribution in [2.45, 2.75) is 25.6 Å². The van der Waals surface area contributed by atoms with Gasteiger partial charge < -0.3 is 14.6 Å². The predicted molar refractivity (Wildman–Crippen MR) is 61.4 cm³/mol. The van der Waals surface area contributed by atoms with Crippen molar-refractivity contribution < 1.29 is 14.6 Å². The van der Waals surface area contributed by atoms with Crippen LogP contribution >= 0.6 is 0 Å². The number of aryl methyl sites for hydroxylation is 1. The van der Waals surface area contributed by atoms with Crippen LogP contribution in [0.4, 0.5) is 0 Å². The summed E-state index contributed by atoms with van der Waals surface area (Å²) in [5.41, 5.74) is 2.35. The lowest BCUT2D eigenvalue weighted by molar-refractivity contribution is -0.131. The average Bonchev–Trinajstić information content (AvgIpc) is 2.30. The zero-order valence-electron chi connectivity index (χ0n) is 9.56. The van der Waals surface area contributed by atoms with Gasteiger partial charge in [-0.1, -0.05) is 29.8 Å². The Labute approximate surface area is 96.0 Å². The van der Waals surface area contributed by atoms with E-state index in [1.54, 1.807) is 0 Å². The molecule has 2 unspecified atom stereocenters. The smallest absolute Gasteiger partial charge is 0.107 e. The Hall–Kier alpha value is -0.900. The van der Waals surface area contributed by atoms with Crippen molar-refractivity contribution in [2.24, 2.45) is 0 Å². The zero-order valence-corrected chi connectivity index (χ0v) is 9.56. The van der Waals surface area contributed by atoms with Gasteiger partial charge >= 0.3 is 0 Å². The lowest BCUT2D eigenvalue weighted by Gasteiger charge is -2.27. The number of aliphatic hydroxyl groups excluding tert-OH is 1. The van der Waals surface area contributed by atoms with Crippen LogP contribution in [0.15, 0.2) is 24.3 Å². The van der Waals surface area contributed by atoms with Crippen molar-refractivity contribution in [3.05, 3.63) is 35.4 Å². The van der Waals surface area contributed by atoms with Crippen molar-refractivity contribution in [1.29, 1.82) is 0 Å². The molecule has 0 saturated carbocycles. The van der Waals surface area contributed by atoms with E-state index >= 15 is 0 Å². The Balaban J connectivity index is 1.93. The van der Waals surface area contributed by atoms with Gasteiger partial charge in [-0.2, -0.15) is 0 Å². The van der Waals surface area contributed by atoms with Crippen LogP contribution in [0.1, 0.15) is 11.1 Å². The minimum absolute atomic E-state index is 0.186. The van der Waals surface area contributed by atoms with E-state index < -0.39 is 6.10 Å². The van der Waals surface area contributed by atoms with E-state index in [0.29, 0.717) is 26.2 Å². The fourth-order valence-electron chi connectivity index (χ4n) is 1.94. The largest absolute Gasteiger partial charge is 0.390 e. The second kappa shape index (κ2) is 5.43. The molecule has 1 saturated heterocycles. The van der Waals surface area contributed by atoms with Crippen molar-refractivity contribution >= 4 is 0 Å². The molecule has 0 spiro atoms. The quantitative estimate of drug-likeness (QED) is 0.838. The fraction of sp³-hybridized carbons (Fsp3) is 0.538. The van der Waals surface area contributed by atoms with E-state index in [1.165, 1.54) is 5.56 Å². The van der Waals surface area contributed by atoms with Crippen LogP contribution in [-0.4, -0.2) is 37.1 Å². The predicted octanol–water partition coefficient (Wildman–Crippen LogP) is 1.31. The highest BCUT2D eigenvalue weighted by Crippen LogP contribution is 2.12. The van der Waals surface area contributed by atoms with Gasteiger partial charge in [-0.05, 0) is 12.5 Å². The van der Waals surface area contributed by atoms with E-state index in [4.69, 9.17) is 9.47 Å². The highest BCUT2D eigenvalue weighted by Gasteiger charge is 2.23. The minimum atomic E-state index is -0.484. The van der Waals surface area contributed by atoms with E-state index in [9.17, 15) is 5.11 Å². The lowest BCUT2D eigenvalue weighted by atomic mass is 10.0. The summed E-state index contributed by atoms with van der Waals surface area (Å²) in [4.78, 5) is 0. The van der Waals surface area contributed by atoms with Gasteiger partial charge in [-0.25, -0.2) is 0 Å². The Morgan fingerprint density at radius 1 is 1.44 bits per heavy atom. The van der Waals surface area contributed by atoms with E-state index in [0.717, 1.165) is 5.56 Å². The van der Waals surface area contributed by atoms with Gasteiger partial charge in [-0.3, -0.25) is 0 Å². The number of benzene rings is 1. The summed E-state index contributed by atoms with van der Waals surface area (Å²) >= 11 is 0. The first-order valence-electron chi connectivity index (χ1n) is 5.68. The van der Waals surface area contributed by atoms with Crippen molar-refractivity contribution in [1.82, 2.24) is 0 Å². The Kier molecular flexibility index (Phi) is 3.93. The van der Waals surface area contributed by atoms with Crippen LogP contribution < -0.4 is 0 Å². The summed E-state index contributed by atoms with van der Waals surface area (Å²) in [5, 5.41) is 10.0. The molecule has 3 heteroatoms. The lowest BCUT2D eigenvalue weighted by Crippen LogP contribution is -2.39. The van der Waals surface area contributed by atoms with Crippen LogP contribution in [-0.2, 0) is 15.9 Å². The van der Waals surface area contributed by atoms with Crippen molar-refractivity contribution in [3.8, 4) is 0 Å². The molecule has 0 radical (unpaired) electrons. The molecule has 1 fully saturated rings. The van der Waals surface area contributed by atoms with Gasteiger partial charge in [0.05, 0.1) is 25.9 Å². The first-order valence-corrected chi connectivity index (χ1v) is 5.68. The molecule has 1 aliphatic heterocycles. The third-order valence-electron chi connectivity index (χ3n) is 2.80. The normalized spacial score (nSPS) is 23.0. The van der Waals surface area contributed by atoms with Gasteiger partial charge in [0.25, 0.3) is 0 Å². The second-order valence-electron chi connectivity index (χ2n) is 4.24. The molecule has 1 N–H and O–H groups in total. The molecule has 0 amide bonds. The molecular formula is C13H18O3. The molecule has 1 heterocycles. The first-order chi connectivity index (χ1) is 7.75. The molecule has 1 aromatic carbocycles. The number of hydrogen-bond donors (Lipinski definition) is 1. The number of ether oxygens (including phenoxy) is 2. The molecule has 0 bridgehead atoms. The minimum Gasteiger partial charge on any atom is -0.390 e. The van der Waals surface area contributed by atoms with Gasteiger partial charge in [0.2, 0.25) is 0 Å². The monoisotopic (exact) mass is 222 g/mol. The molecular weight excluding hydrogens is 204 g/mol. The topological polar surface area (TPSA) is 38.7 Å². The first kappa shape index (κ1) is 11.6. The molecule has 3 nitrogen and oxygen atoms in total. The maximum absolute atomic E-state index is 10.0. The summed E-state index contributed by atoms with van der Waals surface area (Å²) in [6, 6.07) is 8.18. The zero-order chi connectivity index (χ0) is 11.4. The molecule has 2 atom stereocenters. The number of rotatable bonds is 3. The third-order valence-corrected chi connectivity index (χ3v) is 2.80. The van der Waals surface area contributed by atoms with Gasteiger partial charge in [0, 0.05) is 6.42 Å². The molecule has 2 rings (SSSR count). The molecule has 88 valence electrons. The summed E-state index contributed by atoms with van der Waals surface area (Å²) in [7, 11) is 0. The summed E-state index contributed by atoms with van der Waals surface area (Å²) in [6.07, 6.45) is -0.0493. The average molecular weight is 222 g/mol. The fourth-order valence-corrected chi connectivity index (χ4v) is 1.94. The Morgan fingerprint density at radius 3 is 3.00 bits per heavy atom. The van der Waals surface area contributed by atoms with Crippen LogP contribution in [0.25, 0.3) is 0 Å². The number of aliphatic hydroxyl groups is 1. The Morgan fingerprint density at radius 2 is 2.31 bits per heavy atom. The molecule has 0 aromatic heterocycles. The van der Waals surface area contributed by atoms with E-state index in [1.807, 2.05) is 12.1 Å². The summed E-state index contributed by atoms with van der Waals surface area (Å²) < 4.78 is 10.7. The van der Waals surface area contributed by atoms with Gasteiger partial charge in [-0.15, -0.1) is 0 Å². The maximum atomic E-state index is 10.0. The highest BCUT2D eigenvalue weighted by molar-refractivity contribution is 5.22. The number of hydrogen-bond acceptors (Lipinski definition) is 3. The standard InChI is InChI=1S/C13H18O3/c1-10-3-2-4-11(7-10)8-12(14)13-9-15-5-6-16-13/h2-4,7,12-14H,5-6,8-9H2,1H3. The molecule has 1 aliphatic rings. The van der Waals surface area contributed by atoms with Crippen molar-refractivity contribution in [3.63, 3.8) is 0 Å². The highest BCUT2D eigenvalue weighted by atomic mass is 16.6. The molecule has 1 aromatic rings. The maximum Gasteiger partial charge on any atom is 0.107 e. The molecule has 16 heavy (non-hydrogen) atoms. The van der Waals surface area contributed by atoms with E-state index in [2.05, 4.69) is 19.1 Å². The molecule has 0 aliphatic carbocycles. The second-order valence-corrected chi connectivity index (χ2v) is 4.24. The third kappa shape index (κ3) is 3.04. The van der Waals surface area contributed by atoms with Crippen LogP contribution in [0.3, 0.4) is 0 Å². The van der Waals surface area contributed by atoms with Gasteiger partial charge in [0.15, 0.2) is 0 Å². The van der Waals surface area contributed by atoms with Crippen LogP contribution in [0.5, 0.6) is 0 Å². The van der Waals surface area contributed by atoms with Gasteiger partial charge in [0.1, 0.15) is 6.10 Å². The van der Waals surface area contributed by atoms with E-state index in [-0.39, 0.29) is 6.10 Å². The van der Waals surface area contributed by atoms with Crippen LogP contribution in [0.2, 0.25) is 0 Å². The van der Waals surface area contributed by atoms with Crippen LogP contribution in [0, 0.1) is 6.92 Å². The summed E-state index contributed by atoms with van der Waals surface area (Å²) in [6.45, 7) is 3.76. The Bertz CT molecular complexity index is 332. The van der Waals surface area contributed by atoms with Crippen molar-refractivity contribution in [2.75, 3.05) is 19.8 Å².